The lowest BCUT2D eigenvalue weighted by molar-refractivity contribution is -0.138. The average molecular weight is 419 g/mol. The molecule has 0 saturated heterocycles. The summed E-state index contributed by atoms with van der Waals surface area (Å²) < 4.78 is 41.1. The second kappa shape index (κ2) is 8.87. The van der Waals surface area contributed by atoms with Gasteiger partial charge in [-0.25, -0.2) is 0 Å². The van der Waals surface area contributed by atoms with Crippen molar-refractivity contribution in [2.24, 2.45) is 4.99 Å². The molecule has 29 heavy (non-hydrogen) atoms. The molecule has 0 spiro atoms. The molecule has 2 nitrogen and oxygen atoms in total. The first-order valence-electron chi connectivity index (χ1n) is 9.48. The van der Waals surface area contributed by atoms with Crippen molar-refractivity contribution in [1.29, 1.82) is 0 Å². The molecule has 1 heterocycles. The van der Waals surface area contributed by atoms with Crippen molar-refractivity contribution < 1.29 is 13.2 Å². The molecular formula is C23H22ClF3N2. The van der Waals surface area contributed by atoms with Gasteiger partial charge in [0.25, 0.3) is 0 Å². The van der Waals surface area contributed by atoms with Crippen LogP contribution >= 0.6 is 12.4 Å². The summed E-state index contributed by atoms with van der Waals surface area (Å²) >= 11 is 0. The Kier molecular flexibility index (Phi) is 6.48. The van der Waals surface area contributed by atoms with E-state index in [0.717, 1.165) is 29.3 Å². The van der Waals surface area contributed by atoms with E-state index >= 15 is 0 Å². The summed E-state index contributed by atoms with van der Waals surface area (Å²) in [6, 6.07) is 18.3. The molecule has 0 bridgehead atoms. The van der Waals surface area contributed by atoms with Crippen LogP contribution in [-0.4, -0.2) is 18.9 Å². The van der Waals surface area contributed by atoms with Gasteiger partial charge in [-0.05, 0) is 47.2 Å². The first-order chi connectivity index (χ1) is 13.5. The third-order valence-electron chi connectivity index (χ3n) is 5.16. The van der Waals surface area contributed by atoms with Gasteiger partial charge in [0.1, 0.15) is 5.84 Å². The van der Waals surface area contributed by atoms with Crippen LogP contribution in [0.2, 0.25) is 0 Å². The fraction of sp³-hybridized carbons (Fsp3) is 0.261. The zero-order valence-corrected chi connectivity index (χ0v) is 16.6. The standard InChI is InChI=1S/C23H21F3N2.ClH/c24-23(25,26)21-11-4-10-20(22-27-14-5-15-28-22)19(21)13-12-17-8-3-7-16-6-1-2-9-18(16)17;/h1-4,6-11H,5,12-15H2,(H,27,28);1H. The molecule has 0 amide bonds. The highest BCUT2D eigenvalue weighted by molar-refractivity contribution is 6.00. The molecule has 1 N–H and O–H groups in total. The van der Waals surface area contributed by atoms with Gasteiger partial charge in [-0.1, -0.05) is 54.6 Å². The molecule has 3 aromatic rings. The molecule has 6 heteroatoms. The Labute approximate surface area is 174 Å². The second-order valence-electron chi connectivity index (χ2n) is 6.98. The van der Waals surface area contributed by atoms with Crippen LogP contribution in [0.15, 0.2) is 65.7 Å². The SMILES string of the molecule is Cl.FC(F)(F)c1cccc(C2=NCCCN2)c1CCc1cccc2ccccc12. The fourth-order valence-corrected chi connectivity index (χ4v) is 3.83. The highest BCUT2D eigenvalue weighted by atomic mass is 35.5. The summed E-state index contributed by atoms with van der Waals surface area (Å²) in [5, 5.41) is 5.35. The molecule has 3 aromatic carbocycles. The van der Waals surface area contributed by atoms with E-state index in [9.17, 15) is 13.2 Å². The minimum atomic E-state index is -4.39. The molecule has 0 saturated carbocycles. The van der Waals surface area contributed by atoms with Gasteiger partial charge in [-0.15, -0.1) is 12.4 Å². The zero-order chi connectivity index (χ0) is 19.6. The molecule has 0 aliphatic carbocycles. The van der Waals surface area contributed by atoms with Gasteiger partial charge in [-0.3, -0.25) is 4.99 Å². The Bertz CT molecular complexity index is 1020. The van der Waals surface area contributed by atoms with E-state index in [1.54, 1.807) is 6.07 Å². The maximum Gasteiger partial charge on any atom is 0.416 e. The number of aryl methyl sites for hydroxylation is 1. The van der Waals surface area contributed by atoms with Crippen LogP contribution in [0.3, 0.4) is 0 Å². The van der Waals surface area contributed by atoms with Crippen molar-refractivity contribution in [2.75, 3.05) is 13.1 Å². The van der Waals surface area contributed by atoms with Crippen molar-refractivity contribution in [3.8, 4) is 0 Å². The van der Waals surface area contributed by atoms with E-state index in [1.165, 1.54) is 12.1 Å². The minimum absolute atomic E-state index is 0. The lowest BCUT2D eigenvalue weighted by atomic mass is 9.92. The summed E-state index contributed by atoms with van der Waals surface area (Å²) in [5.41, 5.74) is 1.37. The number of hydrogen-bond donors (Lipinski definition) is 1. The van der Waals surface area contributed by atoms with Gasteiger partial charge in [0.15, 0.2) is 0 Å². The Balaban J connectivity index is 0.00000240. The van der Waals surface area contributed by atoms with Crippen LogP contribution in [0.25, 0.3) is 10.8 Å². The van der Waals surface area contributed by atoms with E-state index in [-0.39, 0.29) is 12.4 Å². The normalized spacial score (nSPS) is 14.1. The predicted octanol–water partition coefficient (Wildman–Crippen LogP) is 5.81. The number of halogens is 4. The van der Waals surface area contributed by atoms with E-state index in [1.807, 2.05) is 42.5 Å². The summed E-state index contributed by atoms with van der Waals surface area (Å²) in [7, 11) is 0. The fourth-order valence-electron chi connectivity index (χ4n) is 3.83. The van der Waals surface area contributed by atoms with Gasteiger partial charge in [-0.2, -0.15) is 13.2 Å². The number of nitrogens with zero attached hydrogens (tertiary/aromatic N) is 1. The quantitative estimate of drug-likeness (QED) is 0.568. The van der Waals surface area contributed by atoms with E-state index in [2.05, 4.69) is 10.3 Å². The molecule has 1 aliphatic rings. The smallest absolute Gasteiger partial charge is 0.370 e. The summed E-state index contributed by atoms with van der Waals surface area (Å²) in [4.78, 5) is 4.43. The van der Waals surface area contributed by atoms with Gasteiger partial charge in [0.2, 0.25) is 0 Å². The molecular weight excluding hydrogens is 397 g/mol. The number of rotatable bonds is 4. The largest absolute Gasteiger partial charge is 0.416 e. The van der Waals surface area contributed by atoms with Gasteiger partial charge in [0, 0.05) is 18.7 Å². The topological polar surface area (TPSA) is 24.4 Å². The number of hydrogen-bond acceptors (Lipinski definition) is 2. The second-order valence-corrected chi connectivity index (χ2v) is 6.98. The number of aliphatic imine (C=N–C) groups is 1. The third-order valence-corrected chi connectivity index (χ3v) is 5.16. The lowest BCUT2D eigenvalue weighted by Crippen LogP contribution is -2.31. The Hall–Kier alpha value is -2.53. The summed E-state index contributed by atoms with van der Waals surface area (Å²) in [6.07, 6.45) is -2.65. The molecule has 0 aromatic heterocycles. The summed E-state index contributed by atoms with van der Waals surface area (Å²) in [5.74, 6) is 0.574. The number of fused-ring (bicyclic) bond motifs is 1. The molecule has 0 atom stereocenters. The van der Waals surface area contributed by atoms with Crippen molar-refractivity contribution in [3.05, 3.63) is 82.9 Å². The monoisotopic (exact) mass is 418 g/mol. The number of alkyl halides is 3. The molecule has 1 aliphatic heterocycles. The Morgan fingerprint density at radius 3 is 2.41 bits per heavy atom. The number of amidine groups is 1. The third kappa shape index (κ3) is 4.56. The Morgan fingerprint density at radius 1 is 0.897 bits per heavy atom. The number of nitrogens with one attached hydrogen (secondary N) is 1. The van der Waals surface area contributed by atoms with Crippen LogP contribution in [-0.2, 0) is 19.0 Å². The van der Waals surface area contributed by atoms with Crippen LogP contribution in [0, 0.1) is 0 Å². The van der Waals surface area contributed by atoms with E-state index < -0.39 is 11.7 Å². The summed E-state index contributed by atoms with van der Waals surface area (Å²) in [6.45, 7) is 1.37. The highest BCUT2D eigenvalue weighted by Gasteiger charge is 2.34. The highest BCUT2D eigenvalue weighted by Crippen LogP contribution is 2.34. The van der Waals surface area contributed by atoms with Crippen LogP contribution in [0.1, 0.15) is 28.7 Å². The van der Waals surface area contributed by atoms with Crippen molar-refractivity contribution in [1.82, 2.24) is 5.32 Å². The van der Waals surface area contributed by atoms with Crippen molar-refractivity contribution in [3.63, 3.8) is 0 Å². The van der Waals surface area contributed by atoms with Gasteiger partial charge in [0.05, 0.1) is 5.56 Å². The van der Waals surface area contributed by atoms with Gasteiger partial charge >= 0.3 is 6.18 Å². The predicted molar refractivity (Wildman–Crippen MR) is 114 cm³/mol. The Morgan fingerprint density at radius 2 is 1.66 bits per heavy atom. The maximum absolute atomic E-state index is 13.7. The molecule has 0 unspecified atom stereocenters. The minimum Gasteiger partial charge on any atom is -0.370 e. The zero-order valence-electron chi connectivity index (χ0n) is 15.8. The van der Waals surface area contributed by atoms with Crippen molar-refractivity contribution >= 4 is 29.0 Å². The first-order valence-corrected chi connectivity index (χ1v) is 9.48. The first kappa shape index (κ1) is 21.2. The number of benzene rings is 3. The lowest BCUT2D eigenvalue weighted by Gasteiger charge is -2.21. The molecule has 4 rings (SSSR count). The molecule has 152 valence electrons. The van der Waals surface area contributed by atoms with E-state index in [0.29, 0.717) is 36.3 Å². The van der Waals surface area contributed by atoms with Gasteiger partial charge < -0.3 is 5.32 Å². The van der Waals surface area contributed by atoms with Crippen molar-refractivity contribution in [2.45, 2.75) is 25.4 Å². The van der Waals surface area contributed by atoms with Crippen LogP contribution in [0.5, 0.6) is 0 Å². The molecule has 0 radical (unpaired) electrons. The maximum atomic E-state index is 13.7. The van der Waals surface area contributed by atoms with E-state index in [4.69, 9.17) is 0 Å². The average Bonchev–Trinajstić information content (AvgIpc) is 2.72. The molecule has 0 fully saturated rings. The van der Waals surface area contributed by atoms with Crippen LogP contribution in [0.4, 0.5) is 13.2 Å². The van der Waals surface area contributed by atoms with Crippen LogP contribution < -0.4 is 5.32 Å².